The van der Waals surface area contributed by atoms with Crippen LogP contribution in [-0.4, -0.2) is 10.2 Å². The van der Waals surface area contributed by atoms with Crippen molar-refractivity contribution in [3.8, 4) is 22.3 Å². The largest absolute Gasteiger partial charge is 0.376 e. The summed E-state index contributed by atoms with van der Waals surface area (Å²) < 4.78 is 0. The highest BCUT2D eigenvalue weighted by Gasteiger charge is 2.42. The van der Waals surface area contributed by atoms with E-state index in [-0.39, 0.29) is 0 Å². The fourth-order valence-electron chi connectivity index (χ4n) is 6.47. The summed E-state index contributed by atoms with van der Waals surface area (Å²) in [6.07, 6.45) is 0. The lowest BCUT2D eigenvalue weighted by Gasteiger charge is -2.31. The van der Waals surface area contributed by atoms with Crippen LogP contribution in [0.2, 0.25) is 0 Å². The van der Waals surface area contributed by atoms with Crippen molar-refractivity contribution in [1.82, 2.24) is 0 Å². The molecule has 1 aliphatic carbocycles. The third-order valence-corrected chi connectivity index (χ3v) is 8.59. The lowest BCUT2D eigenvalue weighted by molar-refractivity contribution is 0.125. The van der Waals surface area contributed by atoms with Crippen LogP contribution in [0.15, 0.2) is 152 Å². The zero-order chi connectivity index (χ0) is 28.0. The molecule has 0 aliphatic heterocycles. The molecule has 6 aromatic carbocycles. The Morgan fingerprint density at radius 1 is 0.488 bits per heavy atom. The SMILES string of the molecule is Cc1ccccc1C(O)(c1ccccc1)c1ccc(-c2ccc(C3(O)c4ccccc4-c4ccccc43)cc2)cc1. The summed E-state index contributed by atoms with van der Waals surface area (Å²) in [4.78, 5) is 0. The van der Waals surface area contributed by atoms with Crippen LogP contribution in [0.4, 0.5) is 0 Å². The van der Waals surface area contributed by atoms with Crippen LogP contribution in [0.3, 0.4) is 0 Å². The zero-order valence-electron chi connectivity index (χ0n) is 22.8. The van der Waals surface area contributed by atoms with E-state index in [1.165, 1.54) is 0 Å². The summed E-state index contributed by atoms with van der Waals surface area (Å²) in [6.45, 7) is 2.04. The Kier molecular flexibility index (Phi) is 5.97. The van der Waals surface area contributed by atoms with E-state index >= 15 is 0 Å². The van der Waals surface area contributed by atoms with E-state index in [1.54, 1.807) is 0 Å². The molecule has 2 nitrogen and oxygen atoms in total. The van der Waals surface area contributed by atoms with E-state index < -0.39 is 11.2 Å². The van der Waals surface area contributed by atoms with Gasteiger partial charge in [0.1, 0.15) is 11.2 Å². The lowest BCUT2D eigenvalue weighted by atomic mass is 9.78. The molecule has 6 aromatic rings. The standard InChI is InChI=1S/C39H30O2/c1-27-11-5-8-16-35(27)38(40,30-12-3-2-4-13-30)31-23-19-28(20-24-31)29-21-25-32(26-22-29)39(41)36-17-9-6-14-33(36)34-15-7-10-18-37(34)39/h2-26,40-41H,1H3. The van der Waals surface area contributed by atoms with Gasteiger partial charge in [-0.1, -0.05) is 152 Å². The average molecular weight is 531 g/mol. The van der Waals surface area contributed by atoms with Crippen LogP contribution in [0.1, 0.15) is 38.9 Å². The molecule has 0 aromatic heterocycles. The van der Waals surface area contributed by atoms with Crippen molar-refractivity contribution in [1.29, 1.82) is 0 Å². The molecule has 0 heterocycles. The topological polar surface area (TPSA) is 40.5 Å². The summed E-state index contributed by atoms with van der Waals surface area (Å²) in [5.41, 5.74) is 7.97. The van der Waals surface area contributed by atoms with Gasteiger partial charge in [0, 0.05) is 11.1 Å². The zero-order valence-corrected chi connectivity index (χ0v) is 22.8. The predicted octanol–water partition coefficient (Wildman–Crippen LogP) is 8.21. The highest BCUT2D eigenvalue weighted by Crippen LogP contribution is 2.50. The van der Waals surface area contributed by atoms with Crippen molar-refractivity contribution in [3.05, 3.63) is 191 Å². The van der Waals surface area contributed by atoms with Gasteiger partial charge in [0.15, 0.2) is 0 Å². The smallest absolute Gasteiger partial charge is 0.141 e. The molecule has 198 valence electrons. The molecule has 0 amide bonds. The lowest BCUT2D eigenvalue weighted by Crippen LogP contribution is -2.29. The molecule has 0 saturated carbocycles. The van der Waals surface area contributed by atoms with Gasteiger partial charge in [-0.15, -0.1) is 0 Å². The van der Waals surface area contributed by atoms with Gasteiger partial charge in [-0.05, 0) is 57.0 Å². The summed E-state index contributed by atoms with van der Waals surface area (Å²) in [5, 5.41) is 24.5. The normalized spacial score (nSPS) is 14.6. The number of hydrogen-bond acceptors (Lipinski definition) is 2. The van der Waals surface area contributed by atoms with Gasteiger partial charge in [-0.25, -0.2) is 0 Å². The Hall–Kier alpha value is -4.76. The third kappa shape index (κ3) is 3.88. The molecule has 0 radical (unpaired) electrons. The van der Waals surface area contributed by atoms with Crippen LogP contribution in [0.5, 0.6) is 0 Å². The summed E-state index contributed by atoms with van der Waals surface area (Å²) in [5.74, 6) is 0. The molecule has 1 atom stereocenters. The van der Waals surface area contributed by atoms with Crippen molar-refractivity contribution in [2.45, 2.75) is 18.1 Å². The number of fused-ring (bicyclic) bond motifs is 3. The second-order valence-electron chi connectivity index (χ2n) is 10.8. The Morgan fingerprint density at radius 2 is 0.951 bits per heavy atom. The molecule has 1 aliphatic rings. The van der Waals surface area contributed by atoms with Crippen molar-refractivity contribution in [2.75, 3.05) is 0 Å². The van der Waals surface area contributed by atoms with Crippen LogP contribution >= 0.6 is 0 Å². The minimum Gasteiger partial charge on any atom is -0.376 e. The fourth-order valence-corrected chi connectivity index (χ4v) is 6.47. The number of benzene rings is 6. The first-order valence-corrected chi connectivity index (χ1v) is 14.0. The number of aliphatic hydroxyl groups is 2. The van der Waals surface area contributed by atoms with Gasteiger partial charge in [-0.3, -0.25) is 0 Å². The molecule has 0 spiro atoms. The third-order valence-electron chi connectivity index (χ3n) is 8.59. The number of rotatable bonds is 5. The maximum absolute atomic E-state index is 12.3. The number of aryl methyl sites for hydroxylation is 1. The molecular weight excluding hydrogens is 500 g/mol. The van der Waals surface area contributed by atoms with E-state index in [9.17, 15) is 10.2 Å². The summed E-state index contributed by atoms with van der Waals surface area (Å²) in [6, 6.07) is 50.4. The van der Waals surface area contributed by atoms with Crippen molar-refractivity contribution in [2.24, 2.45) is 0 Å². The minimum absolute atomic E-state index is 0.812. The van der Waals surface area contributed by atoms with Gasteiger partial charge >= 0.3 is 0 Å². The minimum atomic E-state index is -1.28. The molecule has 2 N–H and O–H groups in total. The molecule has 0 fully saturated rings. The maximum atomic E-state index is 12.3. The second-order valence-corrected chi connectivity index (χ2v) is 10.8. The highest BCUT2D eigenvalue weighted by atomic mass is 16.3. The Bertz CT molecular complexity index is 1810. The van der Waals surface area contributed by atoms with Crippen molar-refractivity contribution < 1.29 is 10.2 Å². The van der Waals surface area contributed by atoms with Gasteiger partial charge in [0.2, 0.25) is 0 Å². The van der Waals surface area contributed by atoms with E-state index in [0.29, 0.717) is 0 Å². The first kappa shape index (κ1) is 25.2. The quantitative estimate of drug-likeness (QED) is 0.221. The van der Waals surface area contributed by atoms with Crippen LogP contribution in [0, 0.1) is 6.92 Å². The van der Waals surface area contributed by atoms with E-state index in [2.05, 4.69) is 36.4 Å². The molecule has 7 rings (SSSR count). The first-order chi connectivity index (χ1) is 20.0. The number of hydrogen-bond donors (Lipinski definition) is 2. The van der Waals surface area contributed by atoms with Crippen molar-refractivity contribution >= 4 is 0 Å². The van der Waals surface area contributed by atoms with Gasteiger partial charge in [0.05, 0.1) is 0 Å². The van der Waals surface area contributed by atoms with E-state index in [1.807, 2.05) is 122 Å². The maximum Gasteiger partial charge on any atom is 0.141 e. The Balaban J connectivity index is 1.26. The first-order valence-electron chi connectivity index (χ1n) is 14.0. The van der Waals surface area contributed by atoms with E-state index in [0.717, 1.165) is 61.2 Å². The molecule has 0 saturated heterocycles. The van der Waals surface area contributed by atoms with Gasteiger partial charge < -0.3 is 10.2 Å². The fraction of sp³-hybridized carbons (Fsp3) is 0.0769. The Labute approximate surface area is 240 Å². The summed E-state index contributed by atoms with van der Waals surface area (Å²) in [7, 11) is 0. The second kappa shape index (κ2) is 9.71. The monoisotopic (exact) mass is 530 g/mol. The molecular formula is C39H30O2. The van der Waals surface area contributed by atoms with Crippen LogP contribution in [-0.2, 0) is 11.2 Å². The molecule has 2 heteroatoms. The molecule has 1 unspecified atom stereocenters. The summed E-state index contributed by atoms with van der Waals surface area (Å²) >= 11 is 0. The Morgan fingerprint density at radius 3 is 1.54 bits per heavy atom. The molecule has 0 bridgehead atoms. The van der Waals surface area contributed by atoms with E-state index in [4.69, 9.17) is 0 Å². The predicted molar refractivity (Wildman–Crippen MR) is 166 cm³/mol. The van der Waals surface area contributed by atoms with Gasteiger partial charge in [0.25, 0.3) is 0 Å². The van der Waals surface area contributed by atoms with Crippen LogP contribution in [0.25, 0.3) is 22.3 Å². The molecule has 41 heavy (non-hydrogen) atoms. The van der Waals surface area contributed by atoms with Gasteiger partial charge in [-0.2, -0.15) is 0 Å². The van der Waals surface area contributed by atoms with Crippen LogP contribution < -0.4 is 0 Å². The van der Waals surface area contributed by atoms with Crippen molar-refractivity contribution in [3.63, 3.8) is 0 Å². The highest BCUT2D eigenvalue weighted by molar-refractivity contribution is 5.82. The average Bonchev–Trinajstić information content (AvgIpc) is 3.31.